The highest BCUT2D eigenvalue weighted by atomic mass is 32.2. The average molecular weight is 290 g/mol. The number of carbonyl (C=O) groups is 3. The molecule has 1 amide bonds. The first kappa shape index (κ1) is 13.2. The molecule has 7 nitrogen and oxygen atoms in total. The maximum atomic E-state index is 11.3. The molecule has 0 saturated carbocycles. The van der Waals surface area contributed by atoms with Gasteiger partial charge in [0.25, 0.3) is 0 Å². The van der Waals surface area contributed by atoms with Crippen LogP contribution in [0, 0.1) is 0 Å². The van der Waals surface area contributed by atoms with E-state index in [4.69, 9.17) is 15.9 Å². The van der Waals surface area contributed by atoms with E-state index in [1.54, 1.807) is 0 Å². The molecule has 0 aromatic carbocycles. The number of thioether (sulfide) groups is 2. The van der Waals surface area contributed by atoms with Crippen LogP contribution in [0.4, 0.5) is 0 Å². The molecule has 0 aromatic heterocycles. The van der Waals surface area contributed by atoms with Crippen molar-refractivity contribution in [1.82, 2.24) is 4.90 Å². The highest BCUT2D eigenvalue weighted by molar-refractivity contribution is 8.22. The van der Waals surface area contributed by atoms with Crippen molar-refractivity contribution in [2.45, 2.75) is 17.8 Å². The van der Waals surface area contributed by atoms with Crippen molar-refractivity contribution in [3.63, 3.8) is 0 Å². The maximum absolute atomic E-state index is 11.3. The predicted octanol–water partition coefficient (Wildman–Crippen LogP) is -0.310. The molecule has 0 spiro atoms. The van der Waals surface area contributed by atoms with Gasteiger partial charge in [-0.15, -0.1) is 11.8 Å². The van der Waals surface area contributed by atoms with E-state index in [1.165, 1.54) is 16.7 Å². The number of hydrogen-bond acceptors (Lipinski definition) is 6. The summed E-state index contributed by atoms with van der Waals surface area (Å²) in [4.78, 5) is 34.2. The van der Waals surface area contributed by atoms with Gasteiger partial charge in [-0.2, -0.15) is 0 Å². The fourth-order valence-electron chi connectivity index (χ4n) is 1.56. The van der Waals surface area contributed by atoms with Crippen molar-refractivity contribution in [1.29, 1.82) is 0 Å². The van der Waals surface area contributed by atoms with Gasteiger partial charge in [-0.25, -0.2) is 4.79 Å². The van der Waals surface area contributed by atoms with Gasteiger partial charge >= 0.3 is 11.9 Å². The molecule has 2 aliphatic heterocycles. The van der Waals surface area contributed by atoms with Crippen LogP contribution in [0.5, 0.6) is 0 Å². The highest BCUT2D eigenvalue weighted by Crippen LogP contribution is 2.50. The smallest absolute Gasteiger partial charge is 0.354 e. The largest absolute Gasteiger partial charge is 0.480 e. The predicted molar refractivity (Wildman–Crippen MR) is 65.6 cm³/mol. The zero-order valence-electron chi connectivity index (χ0n) is 9.03. The number of amides is 1. The fraction of sp³-hybridized carbons (Fsp3) is 0.444. The number of aliphatic carboxylic acids is 2. The SMILES string of the molecule is NC(CSC1=C(C(=O)O)N2C(=O)C[C@@H]2S1)C(=O)O. The van der Waals surface area contributed by atoms with Gasteiger partial charge in [0, 0.05) is 5.75 Å². The van der Waals surface area contributed by atoms with E-state index in [0.717, 1.165) is 11.8 Å². The average Bonchev–Trinajstić information content (AvgIpc) is 2.58. The summed E-state index contributed by atoms with van der Waals surface area (Å²) < 4.78 is 0.454. The summed E-state index contributed by atoms with van der Waals surface area (Å²) >= 11 is 2.34. The molecule has 0 radical (unpaired) electrons. The minimum Gasteiger partial charge on any atom is -0.480 e. The number of β-lactam (4-membered cyclic amide) rings is 1. The Hall–Kier alpha value is -1.19. The summed E-state index contributed by atoms with van der Waals surface area (Å²) in [5, 5.41) is 17.6. The van der Waals surface area contributed by atoms with Gasteiger partial charge in [-0.05, 0) is 0 Å². The Morgan fingerprint density at radius 2 is 2.22 bits per heavy atom. The van der Waals surface area contributed by atoms with Gasteiger partial charge in [-0.3, -0.25) is 14.5 Å². The standard InChI is InChI=1S/C9H10N2O5S2/c10-3(7(13)14)2-17-9-6(8(15)16)11-4(12)1-5(11)18-9/h3,5H,1-2,10H2,(H,13,14)(H,15,16)/t3?,5-/m0/s1. The third kappa shape index (κ3) is 2.20. The lowest BCUT2D eigenvalue weighted by molar-refractivity contribution is -0.145. The molecular weight excluding hydrogens is 280 g/mol. The quantitative estimate of drug-likeness (QED) is 0.590. The number of fused-ring (bicyclic) bond motifs is 1. The normalized spacial score (nSPS) is 23.7. The number of carbonyl (C=O) groups excluding carboxylic acids is 1. The Labute approximate surface area is 110 Å². The number of carboxylic acid groups (broad SMARTS) is 2. The van der Waals surface area contributed by atoms with Gasteiger partial charge in [-0.1, -0.05) is 11.8 Å². The third-order valence-corrected chi connectivity index (χ3v) is 5.18. The van der Waals surface area contributed by atoms with E-state index in [1.807, 2.05) is 0 Å². The first-order chi connectivity index (χ1) is 8.41. The van der Waals surface area contributed by atoms with Crippen LogP contribution in [-0.4, -0.2) is 50.1 Å². The molecule has 2 atom stereocenters. The van der Waals surface area contributed by atoms with Gasteiger partial charge < -0.3 is 15.9 Å². The zero-order valence-corrected chi connectivity index (χ0v) is 10.7. The molecule has 1 fully saturated rings. The molecule has 1 unspecified atom stereocenters. The Morgan fingerprint density at radius 1 is 1.56 bits per heavy atom. The van der Waals surface area contributed by atoms with Crippen LogP contribution < -0.4 is 5.73 Å². The summed E-state index contributed by atoms with van der Waals surface area (Å²) in [5.74, 6) is -2.46. The molecule has 9 heteroatoms. The van der Waals surface area contributed by atoms with E-state index in [2.05, 4.69) is 0 Å². The van der Waals surface area contributed by atoms with Crippen LogP contribution in [0.2, 0.25) is 0 Å². The topological polar surface area (TPSA) is 121 Å². The minimum absolute atomic E-state index is 0.0520. The zero-order chi connectivity index (χ0) is 13.4. The number of carboxylic acids is 2. The van der Waals surface area contributed by atoms with Crippen LogP contribution >= 0.6 is 23.5 Å². The van der Waals surface area contributed by atoms with Crippen molar-refractivity contribution in [2.75, 3.05) is 5.75 Å². The van der Waals surface area contributed by atoms with Gasteiger partial charge in [0.2, 0.25) is 5.91 Å². The number of hydrogen-bond donors (Lipinski definition) is 3. The fourth-order valence-corrected chi connectivity index (χ4v) is 4.26. The van der Waals surface area contributed by atoms with Crippen molar-refractivity contribution < 1.29 is 24.6 Å². The van der Waals surface area contributed by atoms with Crippen LogP contribution in [0.3, 0.4) is 0 Å². The van der Waals surface area contributed by atoms with E-state index in [0.29, 0.717) is 10.7 Å². The Balaban J connectivity index is 2.09. The van der Waals surface area contributed by atoms with Crippen LogP contribution in [0.15, 0.2) is 9.93 Å². The molecular formula is C9H10N2O5S2. The lowest BCUT2D eigenvalue weighted by Crippen LogP contribution is -2.48. The first-order valence-corrected chi connectivity index (χ1v) is 6.85. The second-order valence-corrected chi connectivity index (χ2v) is 6.21. The monoisotopic (exact) mass is 290 g/mol. The van der Waals surface area contributed by atoms with Crippen molar-refractivity contribution in [2.24, 2.45) is 5.73 Å². The Bertz CT molecular complexity index is 464. The highest BCUT2D eigenvalue weighted by Gasteiger charge is 2.48. The molecule has 2 rings (SSSR count). The van der Waals surface area contributed by atoms with Gasteiger partial charge in [0.1, 0.15) is 6.04 Å². The van der Waals surface area contributed by atoms with Gasteiger partial charge in [0.05, 0.1) is 16.0 Å². The van der Waals surface area contributed by atoms with E-state index < -0.39 is 18.0 Å². The summed E-state index contributed by atoms with van der Waals surface area (Å²) in [7, 11) is 0. The number of nitrogens with zero attached hydrogens (tertiary/aromatic N) is 1. The molecule has 0 aromatic rings. The van der Waals surface area contributed by atoms with E-state index in [9.17, 15) is 14.4 Å². The molecule has 2 heterocycles. The van der Waals surface area contributed by atoms with E-state index >= 15 is 0 Å². The van der Waals surface area contributed by atoms with Crippen LogP contribution in [0.25, 0.3) is 0 Å². The lowest BCUT2D eigenvalue weighted by atomic mass is 10.2. The second-order valence-electron chi connectivity index (χ2n) is 3.74. The summed E-state index contributed by atoms with van der Waals surface area (Å²) in [6.45, 7) is 0. The van der Waals surface area contributed by atoms with Gasteiger partial charge in [0.15, 0.2) is 5.70 Å². The number of nitrogens with two attached hydrogens (primary N) is 1. The molecule has 2 aliphatic rings. The van der Waals surface area contributed by atoms with Crippen LogP contribution in [0.1, 0.15) is 6.42 Å². The molecule has 98 valence electrons. The summed E-state index contributed by atoms with van der Waals surface area (Å²) in [6.07, 6.45) is 0.316. The molecule has 1 saturated heterocycles. The Morgan fingerprint density at radius 3 is 2.72 bits per heavy atom. The summed E-state index contributed by atoms with van der Waals surface area (Å²) in [5.41, 5.74) is 5.30. The third-order valence-electron chi connectivity index (χ3n) is 2.50. The van der Waals surface area contributed by atoms with Crippen molar-refractivity contribution in [3.05, 3.63) is 9.93 Å². The molecule has 4 N–H and O–H groups in total. The number of rotatable bonds is 5. The molecule has 18 heavy (non-hydrogen) atoms. The first-order valence-electron chi connectivity index (χ1n) is 4.99. The van der Waals surface area contributed by atoms with Crippen LogP contribution in [-0.2, 0) is 14.4 Å². The maximum Gasteiger partial charge on any atom is 0.354 e. The molecule has 0 bridgehead atoms. The second kappa shape index (κ2) is 4.82. The lowest BCUT2D eigenvalue weighted by Gasteiger charge is -2.33. The van der Waals surface area contributed by atoms with Crippen molar-refractivity contribution >= 4 is 41.4 Å². The minimum atomic E-state index is -1.18. The Kier molecular flexibility index (Phi) is 3.55. The van der Waals surface area contributed by atoms with E-state index in [-0.39, 0.29) is 22.7 Å². The van der Waals surface area contributed by atoms with Crippen molar-refractivity contribution in [3.8, 4) is 0 Å². The summed E-state index contributed by atoms with van der Waals surface area (Å²) in [6, 6.07) is -1.05. The molecule has 0 aliphatic carbocycles.